The van der Waals surface area contributed by atoms with Gasteiger partial charge in [-0.25, -0.2) is 4.98 Å². The van der Waals surface area contributed by atoms with Crippen molar-refractivity contribution in [3.63, 3.8) is 0 Å². The van der Waals surface area contributed by atoms with Crippen molar-refractivity contribution in [2.45, 2.75) is 13.0 Å². The van der Waals surface area contributed by atoms with Crippen LogP contribution in [-0.4, -0.2) is 35.4 Å². The molecular weight excluding hydrogens is 274 g/mol. The second-order valence-electron chi connectivity index (χ2n) is 5.16. The van der Waals surface area contributed by atoms with Crippen molar-refractivity contribution >= 4 is 17.4 Å². The Kier molecular flexibility index (Phi) is 3.68. The summed E-state index contributed by atoms with van der Waals surface area (Å²) in [7, 11) is 2.03. The van der Waals surface area contributed by atoms with E-state index in [2.05, 4.69) is 33.5 Å². The molecule has 2 aromatic heterocycles. The van der Waals surface area contributed by atoms with Crippen LogP contribution in [0.5, 0.6) is 0 Å². The van der Waals surface area contributed by atoms with Crippen molar-refractivity contribution in [3.05, 3.63) is 35.6 Å². The van der Waals surface area contributed by atoms with Crippen molar-refractivity contribution < 1.29 is 4.74 Å². The Morgan fingerprint density at radius 1 is 1.40 bits per heavy atom. The number of ether oxygens (including phenoxy) is 1. The molecule has 3 heterocycles. The van der Waals surface area contributed by atoms with Crippen molar-refractivity contribution in [1.82, 2.24) is 9.55 Å². The van der Waals surface area contributed by atoms with Crippen LogP contribution in [0.15, 0.2) is 30.5 Å². The lowest BCUT2D eigenvalue weighted by Crippen LogP contribution is -2.44. The molecule has 3 rings (SSSR count). The van der Waals surface area contributed by atoms with Crippen LogP contribution < -0.4 is 4.90 Å². The summed E-state index contributed by atoms with van der Waals surface area (Å²) in [5.74, 6) is 0.921. The highest BCUT2D eigenvalue weighted by Gasteiger charge is 2.21. The van der Waals surface area contributed by atoms with Crippen LogP contribution in [0.1, 0.15) is 6.92 Å². The summed E-state index contributed by atoms with van der Waals surface area (Å²) in [5, 5.41) is 0.525. The minimum absolute atomic E-state index is 0.316. The normalized spacial score (nSPS) is 19.4. The van der Waals surface area contributed by atoms with Crippen LogP contribution in [0.2, 0.25) is 5.15 Å². The molecule has 1 aliphatic heterocycles. The number of pyridine rings is 1. The number of anilines is 1. The van der Waals surface area contributed by atoms with Gasteiger partial charge in [-0.15, -0.1) is 0 Å². The van der Waals surface area contributed by atoms with Gasteiger partial charge in [0.2, 0.25) is 0 Å². The van der Waals surface area contributed by atoms with Gasteiger partial charge < -0.3 is 14.2 Å². The second-order valence-corrected chi connectivity index (χ2v) is 5.55. The van der Waals surface area contributed by atoms with E-state index in [1.54, 1.807) is 0 Å². The number of halogens is 1. The maximum Gasteiger partial charge on any atom is 0.132 e. The molecule has 5 heteroatoms. The molecule has 0 N–H and O–H groups in total. The SMILES string of the molecule is C[C@@H]1COCCN1c1cc(-c2cccn2C)cc(Cl)n1. The molecule has 106 valence electrons. The fourth-order valence-corrected chi connectivity index (χ4v) is 2.81. The molecular formula is C15H18ClN3O. The van der Waals surface area contributed by atoms with E-state index in [1.807, 2.05) is 25.4 Å². The maximum atomic E-state index is 6.21. The number of nitrogens with zero attached hydrogens (tertiary/aromatic N) is 3. The van der Waals surface area contributed by atoms with E-state index in [0.29, 0.717) is 11.2 Å². The number of hydrogen-bond donors (Lipinski definition) is 0. The lowest BCUT2D eigenvalue weighted by atomic mass is 10.1. The third kappa shape index (κ3) is 2.53. The number of hydrogen-bond acceptors (Lipinski definition) is 3. The summed E-state index contributed by atoms with van der Waals surface area (Å²) in [6.07, 6.45) is 2.03. The van der Waals surface area contributed by atoms with E-state index in [9.17, 15) is 0 Å². The summed E-state index contributed by atoms with van der Waals surface area (Å²) in [4.78, 5) is 6.73. The monoisotopic (exact) mass is 291 g/mol. The first kappa shape index (κ1) is 13.5. The minimum atomic E-state index is 0.316. The molecule has 1 aliphatic rings. The smallest absolute Gasteiger partial charge is 0.132 e. The molecule has 0 spiro atoms. The standard InChI is InChI=1S/C15H18ClN3O/c1-11-10-20-7-6-19(11)15-9-12(8-14(16)17-15)13-4-3-5-18(13)2/h3-5,8-9,11H,6-7,10H2,1-2H3/t11-/m1/s1. The van der Waals surface area contributed by atoms with E-state index < -0.39 is 0 Å². The molecule has 0 aromatic carbocycles. The molecule has 20 heavy (non-hydrogen) atoms. The highest BCUT2D eigenvalue weighted by atomic mass is 35.5. The third-order valence-electron chi connectivity index (χ3n) is 3.68. The van der Waals surface area contributed by atoms with Gasteiger partial charge in [0, 0.05) is 31.0 Å². The van der Waals surface area contributed by atoms with Crippen molar-refractivity contribution in [3.8, 4) is 11.3 Å². The van der Waals surface area contributed by atoms with Crippen molar-refractivity contribution in [2.75, 3.05) is 24.7 Å². The highest BCUT2D eigenvalue weighted by Crippen LogP contribution is 2.28. The van der Waals surface area contributed by atoms with Gasteiger partial charge in [0.15, 0.2) is 0 Å². The first-order valence-electron chi connectivity index (χ1n) is 6.79. The number of morpholine rings is 1. The zero-order chi connectivity index (χ0) is 14.1. The van der Waals surface area contributed by atoms with Crippen molar-refractivity contribution in [2.24, 2.45) is 7.05 Å². The molecule has 2 aromatic rings. The molecule has 0 radical (unpaired) electrons. The van der Waals surface area contributed by atoms with E-state index in [1.165, 1.54) is 0 Å². The summed E-state index contributed by atoms with van der Waals surface area (Å²) in [5.41, 5.74) is 2.22. The maximum absolute atomic E-state index is 6.21. The topological polar surface area (TPSA) is 30.3 Å². The number of aromatic nitrogens is 2. The van der Waals surface area contributed by atoms with Gasteiger partial charge in [-0.1, -0.05) is 11.6 Å². The molecule has 0 saturated carbocycles. The van der Waals surface area contributed by atoms with Gasteiger partial charge in [-0.05, 0) is 31.2 Å². The third-order valence-corrected chi connectivity index (χ3v) is 3.88. The van der Waals surface area contributed by atoms with Gasteiger partial charge in [-0.2, -0.15) is 0 Å². The van der Waals surface area contributed by atoms with E-state index >= 15 is 0 Å². The van der Waals surface area contributed by atoms with E-state index in [-0.39, 0.29) is 0 Å². The fraction of sp³-hybridized carbons (Fsp3) is 0.400. The summed E-state index contributed by atoms with van der Waals surface area (Å²) >= 11 is 6.21. The average Bonchev–Trinajstić information content (AvgIpc) is 2.85. The molecule has 4 nitrogen and oxygen atoms in total. The van der Waals surface area contributed by atoms with E-state index in [0.717, 1.165) is 36.8 Å². The zero-order valence-electron chi connectivity index (χ0n) is 11.7. The molecule has 1 fully saturated rings. The van der Waals surface area contributed by atoms with Crippen LogP contribution in [0, 0.1) is 0 Å². The Labute approximate surface area is 123 Å². The number of rotatable bonds is 2. The largest absolute Gasteiger partial charge is 0.377 e. The number of aryl methyl sites for hydroxylation is 1. The fourth-order valence-electron chi connectivity index (χ4n) is 2.61. The predicted molar refractivity (Wildman–Crippen MR) is 81.3 cm³/mol. The Morgan fingerprint density at radius 3 is 2.95 bits per heavy atom. The summed E-state index contributed by atoms with van der Waals surface area (Å²) in [6, 6.07) is 8.43. The highest BCUT2D eigenvalue weighted by molar-refractivity contribution is 6.29. The molecule has 0 bridgehead atoms. The Bertz CT molecular complexity index is 611. The Hall–Kier alpha value is -1.52. The Balaban J connectivity index is 2.00. The molecule has 1 atom stereocenters. The summed E-state index contributed by atoms with van der Waals surface area (Å²) < 4.78 is 7.56. The van der Waals surface area contributed by atoms with E-state index in [4.69, 9.17) is 16.3 Å². The van der Waals surface area contributed by atoms with Crippen LogP contribution in [0.25, 0.3) is 11.3 Å². The van der Waals surface area contributed by atoms with Crippen molar-refractivity contribution in [1.29, 1.82) is 0 Å². The zero-order valence-corrected chi connectivity index (χ0v) is 12.5. The minimum Gasteiger partial charge on any atom is -0.377 e. The van der Waals surface area contributed by atoms with Gasteiger partial charge >= 0.3 is 0 Å². The molecule has 0 unspecified atom stereocenters. The lowest BCUT2D eigenvalue weighted by molar-refractivity contribution is 0.0985. The van der Waals surface area contributed by atoms with Crippen LogP contribution in [-0.2, 0) is 11.8 Å². The first-order valence-corrected chi connectivity index (χ1v) is 7.16. The average molecular weight is 292 g/mol. The van der Waals surface area contributed by atoms with Gasteiger partial charge in [0.25, 0.3) is 0 Å². The van der Waals surface area contributed by atoms with Crippen LogP contribution >= 0.6 is 11.6 Å². The first-order chi connectivity index (χ1) is 9.65. The quantitative estimate of drug-likeness (QED) is 0.797. The molecule has 0 aliphatic carbocycles. The Morgan fingerprint density at radius 2 is 2.25 bits per heavy atom. The lowest BCUT2D eigenvalue weighted by Gasteiger charge is -2.34. The van der Waals surface area contributed by atoms with Crippen LogP contribution in [0.4, 0.5) is 5.82 Å². The predicted octanol–water partition coefficient (Wildman–Crippen LogP) is 2.97. The summed E-state index contributed by atoms with van der Waals surface area (Å²) in [6.45, 7) is 4.46. The van der Waals surface area contributed by atoms with Gasteiger partial charge in [0.05, 0.1) is 19.3 Å². The molecule has 1 saturated heterocycles. The molecule has 0 amide bonds. The second kappa shape index (κ2) is 5.46. The van der Waals surface area contributed by atoms with Gasteiger partial charge in [0.1, 0.15) is 11.0 Å². The van der Waals surface area contributed by atoms with Gasteiger partial charge in [-0.3, -0.25) is 0 Å². The van der Waals surface area contributed by atoms with Crippen LogP contribution in [0.3, 0.4) is 0 Å².